The van der Waals surface area contributed by atoms with Gasteiger partial charge in [0.05, 0.1) is 5.01 Å². The SMILES string of the molecule is OCC(F)(F)c1csc(C2CC2)n1. The van der Waals surface area contributed by atoms with Gasteiger partial charge in [-0.25, -0.2) is 4.98 Å². The molecule has 1 heterocycles. The first-order valence-corrected chi connectivity index (χ1v) is 4.96. The first kappa shape index (κ1) is 9.02. The normalized spacial score (nSPS) is 17.8. The molecule has 0 spiro atoms. The maximum atomic E-state index is 12.9. The highest BCUT2D eigenvalue weighted by Gasteiger charge is 2.35. The molecule has 0 saturated heterocycles. The third-order valence-electron chi connectivity index (χ3n) is 2.02. The van der Waals surface area contributed by atoms with E-state index in [1.807, 2.05) is 0 Å². The molecule has 1 aliphatic carbocycles. The maximum Gasteiger partial charge on any atom is 0.313 e. The average Bonchev–Trinajstić information content (AvgIpc) is 2.83. The third kappa shape index (κ3) is 1.71. The predicted octanol–water partition coefficient (Wildman–Crippen LogP) is 2.10. The van der Waals surface area contributed by atoms with Crippen molar-refractivity contribution >= 4 is 11.3 Å². The van der Waals surface area contributed by atoms with Crippen LogP contribution in [0.5, 0.6) is 0 Å². The van der Waals surface area contributed by atoms with Gasteiger partial charge in [0.2, 0.25) is 0 Å². The van der Waals surface area contributed by atoms with E-state index in [4.69, 9.17) is 5.11 Å². The van der Waals surface area contributed by atoms with E-state index < -0.39 is 12.5 Å². The van der Waals surface area contributed by atoms with E-state index >= 15 is 0 Å². The van der Waals surface area contributed by atoms with Crippen LogP contribution in [0.2, 0.25) is 0 Å². The lowest BCUT2D eigenvalue weighted by atomic mass is 10.3. The first-order valence-electron chi connectivity index (χ1n) is 4.08. The Bertz CT molecular complexity index is 309. The minimum Gasteiger partial charge on any atom is -0.390 e. The molecule has 2 nitrogen and oxygen atoms in total. The Morgan fingerprint density at radius 3 is 2.85 bits per heavy atom. The fourth-order valence-corrected chi connectivity index (χ4v) is 2.09. The Kier molecular flexibility index (Phi) is 2.08. The predicted molar refractivity (Wildman–Crippen MR) is 45.1 cm³/mol. The van der Waals surface area contributed by atoms with Gasteiger partial charge in [-0.3, -0.25) is 0 Å². The van der Waals surface area contributed by atoms with Gasteiger partial charge in [-0.2, -0.15) is 8.78 Å². The summed E-state index contributed by atoms with van der Waals surface area (Å²) in [5.74, 6) is -2.78. The number of rotatable bonds is 3. The second kappa shape index (κ2) is 2.99. The minimum absolute atomic E-state index is 0.290. The molecule has 0 aromatic carbocycles. The van der Waals surface area contributed by atoms with Gasteiger partial charge >= 0.3 is 5.92 Å². The first-order chi connectivity index (χ1) is 6.13. The molecule has 0 atom stereocenters. The summed E-state index contributed by atoms with van der Waals surface area (Å²) in [4.78, 5) is 3.82. The Hall–Kier alpha value is -0.550. The summed E-state index contributed by atoms with van der Waals surface area (Å²) in [5, 5.41) is 10.5. The van der Waals surface area contributed by atoms with Crippen LogP contribution >= 0.6 is 11.3 Å². The fourth-order valence-electron chi connectivity index (χ4n) is 1.05. The van der Waals surface area contributed by atoms with Crippen LogP contribution < -0.4 is 0 Å². The summed E-state index contributed by atoms with van der Waals surface area (Å²) in [6, 6.07) is 0. The van der Waals surface area contributed by atoms with Crippen LogP contribution in [-0.4, -0.2) is 16.7 Å². The van der Waals surface area contributed by atoms with Crippen molar-refractivity contribution in [1.29, 1.82) is 0 Å². The Labute approximate surface area is 78.2 Å². The maximum absolute atomic E-state index is 12.9. The van der Waals surface area contributed by atoms with Gasteiger partial charge in [0.1, 0.15) is 12.3 Å². The molecule has 5 heteroatoms. The molecule has 1 N–H and O–H groups in total. The van der Waals surface area contributed by atoms with E-state index in [1.54, 1.807) is 0 Å². The van der Waals surface area contributed by atoms with Crippen LogP contribution in [0.4, 0.5) is 8.78 Å². The average molecular weight is 205 g/mol. The van der Waals surface area contributed by atoms with Crippen molar-refractivity contribution < 1.29 is 13.9 Å². The fraction of sp³-hybridized carbons (Fsp3) is 0.625. The number of aromatic nitrogens is 1. The zero-order valence-electron chi connectivity index (χ0n) is 6.83. The molecule has 1 aromatic heterocycles. The lowest BCUT2D eigenvalue weighted by Gasteiger charge is -2.08. The zero-order valence-corrected chi connectivity index (χ0v) is 7.65. The third-order valence-corrected chi connectivity index (χ3v) is 3.03. The zero-order chi connectivity index (χ0) is 9.47. The number of thiazole rings is 1. The van der Waals surface area contributed by atoms with Gasteiger partial charge in [-0.1, -0.05) is 0 Å². The Morgan fingerprint density at radius 2 is 2.31 bits per heavy atom. The molecule has 0 bridgehead atoms. The van der Waals surface area contributed by atoms with Gasteiger partial charge in [0.25, 0.3) is 0 Å². The standard InChI is InChI=1S/C8H9F2NOS/c9-8(10,4-12)6-3-13-7(11-6)5-1-2-5/h3,5,12H,1-2,4H2. The molecule has 0 amide bonds. The largest absolute Gasteiger partial charge is 0.390 e. The van der Waals surface area contributed by atoms with Crippen molar-refractivity contribution in [3.63, 3.8) is 0 Å². The highest BCUT2D eigenvalue weighted by Crippen LogP contribution is 2.42. The van der Waals surface area contributed by atoms with Crippen molar-refractivity contribution in [2.24, 2.45) is 0 Å². The highest BCUT2D eigenvalue weighted by atomic mass is 32.1. The van der Waals surface area contributed by atoms with E-state index in [9.17, 15) is 8.78 Å². The summed E-state index contributed by atoms with van der Waals surface area (Å²) >= 11 is 1.26. The van der Waals surface area contributed by atoms with E-state index in [-0.39, 0.29) is 5.69 Å². The van der Waals surface area contributed by atoms with E-state index in [2.05, 4.69) is 4.98 Å². The van der Waals surface area contributed by atoms with Crippen molar-refractivity contribution in [2.45, 2.75) is 24.7 Å². The molecule has 1 aromatic rings. The minimum atomic E-state index is -3.18. The number of hydrogen-bond acceptors (Lipinski definition) is 3. The summed E-state index contributed by atoms with van der Waals surface area (Å²) in [5.41, 5.74) is -0.290. The molecule has 1 fully saturated rings. The smallest absolute Gasteiger partial charge is 0.313 e. The molecule has 0 unspecified atom stereocenters. The van der Waals surface area contributed by atoms with E-state index in [1.165, 1.54) is 16.7 Å². The van der Waals surface area contributed by atoms with Crippen molar-refractivity contribution in [1.82, 2.24) is 4.98 Å². The van der Waals surface area contributed by atoms with Crippen LogP contribution in [0.3, 0.4) is 0 Å². The number of halogens is 2. The van der Waals surface area contributed by atoms with Crippen LogP contribution in [0.25, 0.3) is 0 Å². The van der Waals surface area contributed by atoms with E-state index in [0.29, 0.717) is 5.92 Å². The summed E-state index contributed by atoms with van der Waals surface area (Å²) in [7, 11) is 0. The van der Waals surface area contributed by atoms with Crippen LogP contribution in [0.1, 0.15) is 29.5 Å². The van der Waals surface area contributed by atoms with Crippen LogP contribution in [-0.2, 0) is 5.92 Å². The molecule has 13 heavy (non-hydrogen) atoms. The van der Waals surface area contributed by atoms with Gasteiger partial charge in [-0.05, 0) is 12.8 Å². The van der Waals surface area contributed by atoms with Gasteiger partial charge in [0, 0.05) is 11.3 Å². The highest BCUT2D eigenvalue weighted by molar-refractivity contribution is 7.09. The molecule has 2 rings (SSSR count). The van der Waals surface area contributed by atoms with Gasteiger partial charge in [0.15, 0.2) is 0 Å². The van der Waals surface area contributed by atoms with Gasteiger partial charge < -0.3 is 5.11 Å². The lowest BCUT2D eigenvalue weighted by Crippen LogP contribution is -2.18. The molecule has 0 aliphatic heterocycles. The quantitative estimate of drug-likeness (QED) is 0.819. The van der Waals surface area contributed by atoms with E-state index in [0.717, 1.165) is 17.8 Å². The number of alkyl halides is 2. The summed E-state index contributed by atoms with van der Waals surface area (Å²) < 4.78 is 25.8. The summed E-state index contributed by atoms with van der Waals surface area (Å²) in [6.45, 7) is -1.17. The van der Waals surface area contributed by atoms with Gasteiger partial charge in [-0.15, -0.1) is 11.3 Å². The van der Waals surface area contributed by atoms with Crippen molar-refractivity contribution in [3.05, 3.63) is 16.1 Å². The molecule has 1 aliphatic rings. The molecular weight excluding hydrogens is 196 g/mol. The summed E-state index contributed by atoms with van der Waals surface area (Å²) in [6.07, 6.45) is 2.11. The topological polar surface area (TPSA) is 33.1 Å². The molecule has 1 saturated carbocycles. The second-order valence-electron chi connectivity index (χ2n) is 3.21. The lowest BCUT2D eigenvalue weighted by molar-refractivity contribution is -0.0588. The molecule has 72 valence electrons. The second-order valence-corrected chi connectivity index (χ2v) is 4.10. The van der Waals surface area contributed by atoms with Crippen LogP contribution in [0, 0.1) is 0 Å². The Balaban J connectivity index is 2.20. The monoisotopic (exact) mass is 205 g/mol. The van der Waals surface area contributed by atoms with Crippen LogP contribution in [0.15, 0.2) is 5.38 Å². The molecule has 0 radical (unpaired) electrons. The van der Waals surface area contributed by atoms with Crippen molar-refractivity contribution in [3.8, 4) is 0 Å². The molecular formula is C8H9F2NOS. The number of aliphatic hydroxyl groups is 1. The number of aliphatic hydroxyl groups excluding tert-OH is 1. The van der Waals surface area contributed by atoms with Crippen molar-refractivity contribution in [2.75, 3.05) is 6.61 Å². The Morgan fingerprint density at radius 1 is 1.62 bits per heavy atom. The number of nitrogens with zero attached hydrogens (tertiary/aromatic N) is 1. The number of hydrogen-bond donors (Lipinski definition) is 1.